The van der Waals surface area contributed by atoms with Gasteiger partial charge >= 0.3 is 0 Å². The number of aromatic nitrogens is 3. The van der Waals surface area contributed by atoms with Crippen molar-refractivity contribution in [2.45, 2.75) is 32.5 Å². The fourth-order valence-electron chi connectivity index (χ4n) is 2.17. The average Bonchev–Trinajstić information content (AvgIpc) is 2.93. The lowest BCUT2D eigenvalue weighted by Crippen LogP contribution is -2.46. The van der Waals surface area contributed by atoms with E-state index in [4.69, 9.17) is 9.47 Å². The molecule has 116 valence electrons. The van der Waals surface area contributed by atoms with Crippen LogP contribution in [0.5, 0.6) is 0 Å². The monoisotopic (exact) mass is 294 g/mol. The standard InChI is InChI=1S/C14H22N4O3/c1-4-5-7-20-10(2)14(19)18-6-8-21-12(9-18)13-15-11(3)16-17-13/h4,10,12H,1,5-9H2,2-3H3,(H,15,16,17)/t10-,12-/m0/s1. The fourth-order valence-corrected chi connectivity index (χ4v) is 2.17. The van der Waals surface area contributed by atoms with Gasteiger partial charge in [0.1, 0.15) is 18.0 Å². The van der Waals surface area contributed by atoms with E-state index in [1.165, 1.54) is 0 Å². The zero-order chi connectivity index (χ0) is 15.2. The van der Waals surface area contributed by atoms with Crippen LogP contribution in [-0.4, -0.2) is 58.4 Å². The number of carbonyl (C=O) groups excluding carboxylic acids is 1. The summed E-state index contributed by atoms with van der Waals surface area (Å²) in [5.74, 6) is 1.29. The second-order valence-electron chi connectivity index (χ2n) is 5.01. The van der Waals surface area contributed by atoms with Crippen LogP contribution < -0.4 is 0 Å². The van der Waals surface area contributed by atoms with Crippen LogP contribution in [0.25, 0.3) is 0 Å². The molecular weight excluding hydrogens is 272 g/mol. The first-order valence-electron chi connectivity index (χ1n) is 7.13. The largest absolute Gasteiger partial charge is 0.368 e. The first kappa shape index (κ1) is 15.7. The maximum atomic E-state index is 12.3. The van der Waals surface area contributed by atoms with Gasteiger partial charge in [0.05, 0.1) is 19.8 Å². The number of amides is 1. The molecule has 1 fully saturated rings. The Morgan fingerprint density at radius 1 is 1.71 bits per heavy atom. The lowest BCUT2D eigenvalue weighted by molar-refractivity contribution is -0.150. The smallest absolute Gasteiger partial charge is 0.251 e. The van der Waals surface area contributed by atoms with Gasteiger partial charge in [-0.05, 0) is 20.3 Å². The Morgan fingerprint density at radius 2 is 2.52 bits per heavy atom. The maximum absolute atomic E-state index is 12.3. The summed E-state index contributed by atoms with van der Waals surface area (Å²) in [7, 11) is 0. The van der Waals surface area contributed by atoms with Crippen molar-refractivity contribution in [3.63, 3.8) is 0 Å². The lowest BCUT2D eigenvalue weighted by Gasteiger charge is -2.33. The summed E-state index contributed by atoms with van der Waals surface area (Å²) in [5, 5.41) is 6.89. The predicted molar refractivity (Wildman–Crippen MR) is 76.6 cm³/mol. The van der Waals surface area contributed by atoms with E-state index in [-0.39, 0.29) is 12.0 Å². The topological polar surface area (TPSA) is 80.3 Å². The summed E-state index contributed by atoms with van der Waals surface area (Å²) in [5.41, 5.74) is 0. The molecule has 1 aliphatic rings. The first-order valence-corrected chi connectivity index (χ1v) is 7.13. The number of rotatable bonds is 6. The predicted octanol–water partition coefficient (Wildman–Crippen LogP) is 0.994. The fraction of sp³-hybridized carbons (Fsp3) is 0.643. The van der Waals surface area contributed by atoms with E-state index >= 15 is 0 Å². The molecule has 0 saturated carbocycles. The number of hydrogen-bond acceptors (Lipinski definition) is 5. The Balaban J connectivity index is 1.90. The molecule has 1 saturated heterocycles. The summed E-state index contributed by atoms with van der Waals surface area (Å²) in [6, 6.07) is 0. The molecule has 0 radical (unpaired) electrons. The highest BCUT2D eigenvalue weighted by Gasteiger charge is 2.30. The second kappa shape index (κ2) is 7.33. The Labute approximate surface area is 124 Å². The first-order chi connectivity index (χ1) is 10.1. The van der Waals surface area contributed by atoms with E-state index in [2.05, 4.69) is 21.8 Å². The van der Waals surface area contributed by atoms with Gasteiger partial charge in [-0.15, -0.1) is 6.58 Å². The van der Waals surface area contributed by atoms with E-state index in [0.29, 0.717) is 32.1 Å². The molecule has 0 aliphatic carbocycles. The summed E-state index contributed by atoms with van der Waals surface area (Å²) in [4.78, 5) is 18.4. The van der Waals surface area contributed by atoms with E-state index < -0.39 is 6.10 Å². The summed E-state index contributed by atoms with van der Waals surface area (Å²) in [6.07, 6.45) is 1.76. The van der Waals surface area contributed by atoms with E-state index in [1.54, 1.807) is 17.9 Å². The Bertz CT molecular complexity index is 488. The number of H-pyrrole nitrogens is 1. The van der Waals surface area contributed by atoms with Crippen LogP contribution in [0.2, 0.25) is 0 Å². The molecule has 21 heavy (non-hydrogen) atoms. The lowest BCUT2D eigenvalue weighted by atomic mass is 10.2. The van der Waals surface area contributed by atoms with Gasteiger partial charge in [0.2, 0.25) is 0 Å². The van der Waals surface area contributed by atoms with Crippen LogP contribution in [0.3, 0.4) is 0 Å². The van der Waals surface area contributed by atoms with Crippen LogP contribution in [0, 0.1) is 6.92 Å². The van der Waals surface area contributed by atoms with Gasteiger partial charge in [0.25, 0.3) is 5.91 Å². The van der Waals surface area contributed by atoms with Gasteiger partial charge in [-0.1, -0.05) is 6.08 Å². The molecule has 1 N–H and O–H groups in total. The molecule has 1 aliphatic heterocycles. The van der Waals surface area contributed by atoms with Crippen molar-refractivity contribution < 1.29 is 14.3 Å². The molecule has 7 heteroatoms. The molecule has 1 aromatic heterocycles. The van der Waals surface area contributed by atoms with Gasteiger partial charge in [0, 0.05) is 6.54 Å². The molecule has 7 nitrogen and oxygen atoms in total. The summed E-state index contributed by atoms with van der Waals surface area (Å²) >= 11 is 0. The molecule has 1 aromatic rings. The van der Waals surface area contributed by atoms with Gasteiger partial charge in [0.15, 0.2) is 5.82 Å². The Morgan fingerprint density at radius 3 is 3.19 bits per heavy atom. The van der Waals surface area contributed by atoms with Gasteiger partial charge in [-0.2, -0.15) is 5.10 Å². The quantitative estimate of drug-likeness (QED) is 0.625. The van der Waals surface area contributed by atoms with E-state index in [9.17, 15) is 4.79 Å². The highest BCUT2D eigenvalue weighted by Crippen LogP contribution is 2.19. The molecule has 0 aromatic carbocycles. The van der Waals surface area contributed by atoms with Crippen molar-refractivity contribution in [1.82, 2.24) is 20.1 Å². The number of nitrogens with zero attached hydrogens (tertiary/aromatic N) is 3. The minimum Gasteiger partial charge on any atom is -0.368 e. The minimum absolute atomic E-state index is 0.0281. The van der Waals surface area contributed by atoms with Crippen molar-refractivity contribution in [3.05, 3.63) is 24.3 Å². The van der Waals surface area contributed by atoms with Crippen LogP contribution in [-0.2, 0) is 14.3 Å². The normalized spacial score (nSPS) is 20.3. The zero-order valence-corrected chi connectivity index (χ0v) is 12.5. The Kier molecular flexibility index (Phi) is 5.46. The van der Waals surface area contributed by atoms with Crippen LogP contribution in [0.4, 0.5) is 0 Å². The van der Waals surface area contributed by atoms with Crippen molar-refractivity contribution in [2.75, 3.05) is 26.3 Å². The highest BCUT2D eigenvalue weighted by atomic mass is 16.5. The van der Waals surface area contributed by atoms with Crippen LogP contribution >= 0.6 is 0 Å². The number of hydrogen-bond donors (Lipinski definition) is 1. The Hall–Kier alpha value is -1.73. The third-order valence-corrected chi connectivity index (χ3v) is 3.32. The number of aromatic amines is 1. The molecule has 0 spiro atoms. The van der Waals surface area contributed by atoms with E-state index in [1.807, 2.05) is 6.92 Å². The second-order valence-corrected chi connectivity index (χ2v) is 5.01. The van der Waals surface area contributed by atoms with Crippen molar-refractivity contribution in [1.29, 1.82) is 0 Å². The summed E-state index contributed by atoms with van der Waals surface area (Å²) in [6.45, 7) is 9.22. The third-order valence-electron chi connectivity index (χ3n) is 3.32. The summed E-state index contributed by atoms with van der Waals surface area (Å²) < 4.78 is 11.1. The van der Waals surface area contributed by atoms with Crippen LogP contribution in [0.15, 0.2) is 12.7 Å². The van der Waals surface area contributed by atoms with Crippen molar-refractivity contribution >= 4 is 5.91 Å². The third kappa shape index (κ3) is 4.12. The number of ether oxygens (including phenoxy) is 2. The van der Waals surface area contributed by atoms with Crippen molar-refractivity contribution in [3.8, 4) is 0 Å². The SMILES string of the molecule is C=CCCO[C@@H](C)C(=O)N1CCO[C@H](c2n[nH]c(C)n2)C1. The van der Waals surface area contributed by atoms with Gasteiger partial charge in [-0.25, -0.2) is 4.98 Å². The zero-order valence-electron chi connectivity index (χ0n) is 12.5. The van der Waals surface area contributed by atoms with Gasteiger partial charge < -0.3 is 14.4 Å². The number of carbonyl (C=O) groups is 1. The highest BCUT2D eigenvalue weighted by molar-refractivity contribution is 5.80. The average molecular weight is 294 g/mol. The molecule has 2 atom stereocenters. The molecule has 2 rings (SSSR count). The van der Waals surface area contributed by atoms with E-state index in [0.717, 1.165) is 12.2 Å². The number of nitrogens with one attached hydrogen (secondary N) is 1. The molecule has 2 heterocycles. The molecule has 0 bridgehead atoms. The van der Waals surface area contributed by atoms with Crippen LogP contribution in [0.1, 0.15) is 31.1 Å². The maximum Gasteiger partial charge on any atom is 0.251 e. The number of aryl methyl sites for hydroxylation is 1. The van der Waals surface area contributed by atoms with Crippen molar-refractivity contribution in [2.24, 2.45) is 0 Å². The molecule has 0 unspecified atom stereocenters. The molecular formula is C14H22N4O3. The minimum atomic E-state index is -0.461. The molecule has 1 amide bonds. The number of morpholine rings is 1. The van der Waals surface area contributed by atoms with Gasteiger partial charge in [-0.3, -0.25) is 9.89 Å².